The highest BCUT2D eigenvalue weighted by atomic mass is 19.1. The molecule has 0 aliphatic rings. The van der Waals surface area contributed by atoms with Crippen LogP contribution in [0.3, 0.4) is 0 Å². The minimum atomic E-state index is -1.25. The van der Waals surface area contributed by atoms with Crippen molar-refractivity contribution in [3.8, 4) is 0 Å². The molecule has 0 heterocycles. The van der Waals surface area contributed by atoms with E-state index in [4.69, 9.17) is 0 Å². The zero-order chi connectivity index (χ0) is 12.4. The Hall–Kier alpha value is -1.81. The lowest BCUT2D eigenvalue weighted by atomic mass is 10.0. The van der Waals surface area contributed by atoms with E-state index in [1.165, 1.54) is 18.2 Å². The summed E-state index contributed by atoms with van der Waals surface area (Å²) in [5, 5.41) is 9.87. The average Bonchev–Trinajstić information content (AvgIpc) is 2.26. The molecule has 1 atom stereocenters. The Morgan fingerprint density at radius 1 is 0.765 bits per heavy atom. The normalized spacial score (nSPS) is 12.5. The van der Waals surface area contributed by atoms with Crippen LogP contribution in [0.25, 0.3) is 0 Å². The van der Waals surface area contributed by atoms with Gasteiger partial charge in [0.25, 0.3) is 0 Å². The van der Waals surface area contributed by atoms with Gasteiger partial charge in [-0.3, -0.25) is 0 Å². The minimum Gasteiger partial charge on any atom is -0.384 e. The van der Waals surface area contributed by atoms with Gasteiger partial charge in [0.1, 0.15) is 23.6 Å². The number of hydrogen-bond donors (Lipinski definition) is 1. The van der Waals surface area contributed by atoms with Crippen molar-refractivity contribution in [3.63, 3.8) is 0 Å². The molecule has 0 aliphatic carbocycles. The molecule has 4 heteroatoms. The van der Waals surface area contributed by atoms with Gasteiger partial charge >= 0.3 is 0 Å². The Bertz CT molecular complexity index is 520. The second kappa shape index (κ2) is 4.59. The van der Waals surface area contributed by atoms with Gasteiger partial charge in [-0.1, -0.05) is 12.1 Å². The van der Waals surface area contributed by atoms with Crippen LogP contribution in [0, 0.1) is 17.5 Å². The molecular formula is C13H9F3O. The van der Waals surface area contributed by atoms with Crippen molar-refractivity contribution in [2.24, 2.45) is 0 Å². The molecule has 0 amide bonds. The molecule has 0 aromatic heterocycles. The summed E-state index contributed by atoms with van der Waals surface area (Å²) in [5.41, 5.74) is 0.295. The van der Waals surface area contributed by atoms with E-state index in [0.29, 0.717) is 6.07 Å². The van der Waals surface area contributed by atoms with E-state index in [2.05, 4.69) is 0 Å². The highest BCUT2D eigenvalue weighted by molar-refractivity contribution is 5.30. The zero-order valence-electron chi connectivity index (χ0n) is 8.70. The third kappa shape index (κ3) is 2.65. The molecule has 2 aromatic carbocycles. The lowest BCUT2D eigenvalue weighted by molar-refractivity contribution is 0.218. The van der Waals surface area contributed by atoms with E-state index in [0.717, 1.165) is 18.2 Å². The summed E-state index contributed by atoms with van der Waals surface area (Å²) >= 11 is 0. The van der Waals surface area contributed by atoms with Crippen molar-refractivity contribution in [1.82, 2.24) is 0 Å². The third-order valence-corrected chi connectivity index (χ3v) is 2.37. The fraction of sp³-hybridized carbons (Fsp3) is 0.0769. The molecule has 2 rings (SSSR count). The van der Waals surface area contributed by atoms with Gasteiger partial charge in [-0.05, 0) is 35.4 Å². The van der Waals surface area contributed by atoms with Gasteiger partial charge < -0.3 is 5.11 Å². The molecule has 88 valence electrons. The standard InChI is InChI=1S/C13H9F3O/c14-10-3-1-2-8(4-10)13(17)9-5-11(15)7-12(16)6-9/h1-7,13,17H. The van der Waals surface area contributed by atoms with Gasteiger partial charge in [-0.15, -0.1) is 0 Å². The van der Waals surface area contributed by atoms with Crippen molar-refractivity contribution < 1.29 is 18.3 Å². The zero-order valence-corrected chi connectivity index (χ0v) is 8.70. The van der Waals surface area contributed by atoms with Crippen LogP contribution < -0.4 is 0 Å². The lowest BCUT2D eigenvalue weighted by Gasteiger charge is -2.11. The van der Waals surface area contributed by atoms with Gasteiger partial charge in [0.15, 0.2) is 0 Å². The average molecular weight is 238 g/mol. The summed E-state index contributed by atoms with van der Waals surface area (Å²) in [5.74, 6) is -2.08. The van der Waals surface area contributed by atoms with Gasteiger partial charge in [0.2, 0.25) is 0 Å². The van der Waals surface area contributed by atoms with E-state index in [1.54, 1.807) is 0 Å². The van der Waals surface area contributed by atoms with Crippen molar-refractivity contribution in [2.75, 3.05) is 0 Å². The Labute approximate surface area is 96.1 Å². The van der Waals surface area contributed by atoms with Gasteiger partial charge in [0, 0.05) is 6.07 Å². The third-order valence-electron chi connectivity index (χ3n) is 2.37. The number of benzene rings is 2. The summed E-state index contributed by atoms with van der Waals surface area (Å²) in [6.07, 6.45) is -1.25. The van der Waals surface area contributed by atoms with Crippen LogP contribution in [0.5, 0.6) is 0 Å². The molecule has 0 bridgehead atoms. The molecule has 0 radical (unpaired) electrons. The SMILES string of the molecule is OC(c1cccc(F)c1)c1cc(F)cc(F)c1. The molecule has 0 aliphatic heterocycles. The maximum absolute atomic E-state index is 13.0. The highest BCUT2D eigenvalue weighted by Crippen LogP contribution is 2.23. The molecule has 0 saturated heterocycles. The Morgan fingerprint density at radius 3 is 1.94 bits per heavy atom. The van der Waals surface area contributed by atoms with Crippen LogP contribution >= 0.6 is 0 Å². The van der Waals surface area contributed by atoms with E-state index >= 15 is 0 Å². The van der Waals surface area contributed by atoms with Crippen LogP contribution in [0.2, 0.25) is 0 Å². The highest BCUT2D eigenvalue weighted by Gasteiger charge is 2.13. The fourth-order valence-corrected chi connectivity index (χ4v) is 1.60. The Kier molecular flexibility index (Phi) is 3.15. The number of aliphatic hydroxyl groups excluding tert-OH is 1. The Balaban J connectivity index is 2.39. The summed E-state index contributed by atoms with van der Waals surface area (Å²) in [7, 11) is 0. The van der Waals surface area contributed by atoms with Gasteiger partial charge in [-0.2, -0.15) is 0 Å². The second-order valence-electron chi connectivity index (χ2n) is 3.66. The number of hydrogen-bond acceptors (Lipinski definition) is 1. The predicted molar refractivity (Wildman–Crippen MR) is 56.8 cm³/mol. The minimum absolute atomic E-state index is 0.0492. The van der Waals surface area contributed by atoms with E-state index in [9.17, 15) is 18.3 Å². The quantitative estimate of drug-likeness (QED) is 0.851. The number of aliphatic hydroxyl groups is 1. The second-order valence-corrected chi connectivity index (χ2v) is 3.66. The molecule has 0 saturated carbocycles. The van der Waals surface area contributed by atoms with Crippen LogP contribution in [-0.2, 0) is 0 Å². The first-order chi connectivity index (χ1) is 8.06. The summed E-state index contributed by atoms with van der Waals surface area (Å²) in [6.45, 7) is 0. The van der Waals surface area contributed by atoms with Crippen LogP contribution in [0.15, 0.2) is 42.5 Å². The number of halogens is 3. The summed E-state index contributed by atoms with van der Waals surface area (Å²) in [4.78, 5) is 0. The maximum Gasteiger partial charge on any atom is 0.126 e. The van der Waals surface area contributed by atoms with E-state index in [1.807, 2.05) is 0 Å². The van der Waals surface area contributed by atoms with E-state index in [-0.39, 0.29) is 11.1 Å². The van der Waals surface area contributed by atoms with E-state index < -0.39 is 23.6 Å². The summed E-state index contributed by atoms with van der Waals surface area (Å²) < 4.78 is 38.9. The molecule has 1 nitrogen and oxygen atoms in total. The first-order valence-electron chi connectivity index (χ1n) is 4.96. The first-order valence-corrected chi connectivity index (χ1v) is 4.96. The molecule has 0 fully saturated rings. The summed E-state index contributed by atoms with van der Waals surface area (Å²) in [6, 6.07) is 7.98. The van der Waals surface area contributed by atoms with Gasteiger partial charge in [-0.25, -0.2) is 13.2 Å². The maximum atomic E-state index is 13.0. The molecule has 17 heavy (non-hydrogen) atoms. The molecule has 2 aromatic rings. The topological polar surface area (TPSA) is 20.2 Å². The Morgan fingerprint density at radius 2 is 1.35 bits per heavy atom. The smallest absolute Gasteiger partial charge is 0.126 e. The monoisotopic (exact) mass is 238 g/mol. The van der Waals surface area contributed by atoms with Crippen LogP contribution in [0.1, 0.15) is 17.2 Å². The molecule has 1 N–H and O–H groups in total. The van der Waals surface area contributed by atoms with Crippen molar-refractivity contribution >= 4 is 0 Å². The molecule has 1 unspecified atom stereocenters. The molecule has 0 spiro atoms. The lowest BCUT2D eigenvalue weighted by Crippen LogP contribution is -2.01. The largest absolute Gasteiger partial charge is 0.384 e. The first kappa shape index (κ1) is 11.7. The number of rotatable bonds is 2. The van der Waals surface area contributed by atoms with Crippen LogP contribution in [-0.4, -0.2) is 5.11 Å². The fourth-order valence-electron chi connectivity index (χ4n) is 1.60. The predicted octanol–water partition coefficient (Wildman–Crippen LogP) is 3.19. The van der Waals surface area contributed by atoms with Crippen molar-refractivity contribution in [1.29, 1.82) is 0 Å². The van der Waals surface area contributed by atoms with Crippen molar-refractivity contribution in [2.45, 2.75) is 6.10 Å². The van der Waals surface area contributed by atoms with Crippen LogP contribution in [0.4, 0.5) is 13.2 Å². The van der Waals surface area contributed by atoms with Crippen molar-refractivity contribution in [3.05, 3.63) is 71.0 Å². The molecular weight excluding hydrogens is 229 g/mol. The van der Waals surface area contributed by atoms with Gasteiger partial charge in [0.05, 0.1) is 0 Å².